The van der Waals surface area contributed by atoms with E-state index in [1.165, 1.54) is 0 Å². The van der Waals surface area contributed by atoms with E-state index in [0.717, 1.165) is 13.3 Å². The molecule has 0 unspecified atom stereocenters. The van der Waals surface area contributed by atoms with Crippen LogP contribution >= 0.6 is 0 Å². The number of aromatic amines is 1. The predicted molar refractivity (Wildman–Crippen MR) is 70.7 cm³/mol. The lowest BCUT2D eigenvalue weighted by Crippen LogP contribution is -2.40. The lowest BCUT2D eigenvalue weighted by atomic mass is 10.1. The zero-order valence-corrected chi connectivity index (χ0v) is 11.8. The Bertz CT molecular complexity index is 737. The Labute approximate surface area is 127 Å². The van der Waals surface area contributed by atoms with Gasteiger partial charge in [-0.3, -0.25) is 19.1 Å². The molecule has 0 aliphatic carbocycles. The minimum atomic E-state index is -1.60. The molecule has 1 aliphatic heterocycles. The van der Waals surface area contributed by atoms with Crippen molar-refractivity contribution in [1.29, 1.82) is 0 Å². The molecule has 0 spiro atoms. The van der Waals surface area contributed by atoms with Crippen LogP contribution in [0, 0.1) is 0 Å². The number of nitrogens with one attached hydrogen (secondary N) is 1. The van der Waals surface area contributed by atoms with Gasteiger partial charge in [0.2, 0.25) is 0 Å². The van der Waals surface area contributed by atoms with Gasteiger partial charge in [0.15, 0.2) is 6.23 Å². The normalized spacial score (nSPS) is 27.0. The molecule has 0 saturated carbocycles. The summed E-state index contributed by atoms with van der Waals surface area (Å²) in [5.41, 5.74) is -2.85. The number of carbonyl (C=O) groups excluding carboxylic acids is 2. The fraction of sp³-hybridized carbons (Fsp3) is 0.500. The lowest BCUT2D eigenvalue weighted by Gasteiger charge is -2.17. The maximum Gasteiger partial charge on any atom is 0.379 e. The molecule has 1 fully saturated rings. The van der Waals surface area contributed by atoms with Crippen molar-refractivity contribution in [2.24, 2.45) is 0 Å². The van der Waals surface area contributed by atoms with Crippen LogP contribution in [-0.2, 0) is 14.3 Å². The van der Waals surface area contributed by atoms with E-state index in [9.17, 15) is 29.4 Å². The van der Waals surface area contributed by atoms with Crippen molar-refractivity contribution in [1.82, 2.24) is 9.55 Å². The Morgan fingerprint density at radius 3 is 2.52 bits per heavy atom. The molecule has 4 atom stereocenters. The van der Waals surface area contributed by atoms with Gasteiger partial charge < -0.3 is 24.8 Å². The molecule has 2 heterocycles. The van der Waals surface area contributed by atoms with E-state index in [1.54, 1.807) is 4.98 Å². The third kappa shape index (κ3) is 2.94. The largest absolute Gasteiger partial charge is 0.463 e. The third-order valence-corrected chi connectivity index (χ3v) is 3.37. The van der Waals surface area contributed by atoms with Crippen LogP contribution in [0.1, 0.15) is 16.6 Å². The second-order valence-corrected chi connectivity index (χ2v) is 4.76. The molecule has 0 bridgehead atoms. The molecule has 1 aromatic rings. The van der Waals surface area contributed by atoms with Gasteiger partial charge in [0.1, 0.15) is 23.9 Å². The maximum atomic E-state index is 11.8. The molecule has 23 heavy (non-hydrogen) atoms. The minimum Gasteiger partial charge on any atom is -0.463 e. The first kappa shape index (κ1) is 17.0. The monoisotopic (exact) mass is 330 g/mol. The smallest absolute Gasteiger partial charge is 0.379 e. The Morgan fingerprint density at radius 2 is 2.00 bits per heavy atom. The minimum absolute atomic E-state index is 0.624. The molecular formula is C12H14N2O9. The van der Waals surface area contributed by atoms with Crippen molar-refractivity contribution in [3.8, 4) is 0 Å². The summed E-state index contributed by atoms with van der Waals surface area (Å²) in [6, 6.07) is 0. The third-order valence-electron chi connectivity index (χ3n) is 3.37. The molecule has 1 aromatic heterocycles. The van der Waals surface area contributed by atoms with Crippen LogP contribution in [0.25, 0.3) is 0 Å². The number of aromatic nitrogens is 2. The van der Waals surface area contributed by atoms with Gasteiger partial charge in [-0.2, -0.15) is 0 Å². The molecular weight excluding hydrogens is 316 g/mol. The van der Waals surface area contributed by atoms with Crippen molar-refractivity contribution in [3.63, 3.8) is 0 Å². The number of esters is 1. The average molecular weight is 330 g/mol. The molecule has 0 amide bonds. The number of carbonyl (C=O) groups is 2. The van der Waals surface area contributed by atoms with Gasteiger partial charge in [0.25, 0.3) is 11.3 Å². The molecule has 0 aromatic carbocycles. The number of nitrogens with zero attached hydrogens (tertiary/aromatic N) is 1. The van der Waals surface area contributed by atoms with Crippen LogP contribution < -0.4 is 11.2 Å². The molecule has 1 saturated heterocycles. The van der Waals surface area contributed by atoms with E-state index in [1.807, 2.05) is 0 Å². The van der Waals surface area contributed by atoms with Crippen molar-refractivity contribution in [2.75, 3.05) is 13.7 Å². The summed E-state index contributed by atoms with van der Waals surface area (Å²) in [5.74, 6) is -2.61. The van der Waals surface area contributed by atoms with Crippen molar-refractivity contribution in [3.05, 3.63) is 32.6 Å². The molecule has 0 radical (unpaired) electrons. The van der Waals surface area contributed by atoms with Gasteiger partial charge in [-0.15, -0.1) is 0 Å². The average Bonchev–Trinajstić information content (AvgIpc) is 2.81. The van der Waals surface area contributed by atoms with E-state index in [-0.39, 0.29) is 0 Å². The highest BCUT2D eigenvalue weighted by molar-refractivity contribution is 6.40. The van der Waals surface area contributed by atoms with Crippen molar-refractivity contribution < 1.29 is 34.4 Å². The predicted octanol–water partition coefficient (Wildman–Crippen LogP) is -3.50. The standard InChI is InChI=1S/C12H14N2O9/c1-22-11(20)6(16)4-2-14(12(21)13-9(4)19)10-8(18)7(17)5(3-15)23-10/h2,5,7-8,10,15,17-18H,3H2,1H3,(H,13,19,21)/t5-,7-,8-,10-/m1/s1. The summed E-state index contributed by atoms with van der Waals surface area (Å²) in [5, 5.41) is 28.6. The molecule has 126 valence electrons. The lowest BCUT2D eigenvalue weighted by molar-refractivity contribution is -0.135. The van der Waals surface area contributed by atoms with Crippen LogP contribution in [0.5, 0.6) is 0 Å². The molecule has 1 aliphatic rings. The number of hydrogen-bond acceptors (Lipinski definition) is 9. The van der Waals surface area contributed by atoms with Gasteiger partial charge in [-0.1, -0.05) is 0 Å². The Balaban J connectivity index is 2.48. The molecule has 11 nitrogen and oxygen atoms in total. The second kappa shape index (κ2) is 6.42. The first-order chi connectivity index (χ1) is 10.8. The van der Waals surface area contributed by atoms with Gasteiger partial charge in [0.05, 0.1) is 13.7 Å². The van der Waals surface area contributed by atoms with Crippen molar-refractivity contribution in [2.45, 2.75) is 24.5 Å². The Hall–Kier alpha value is -2.34. The Morgan fingerprint density at radius 1 is 1.35 bits per heavy atom. The topological polar surface area (TPSA) is 168 Å². The van der Waals surface area contributed by atoms with E-state index >= 15 is 0 Å². The highest BCUT2D eigenvalue weighted by atomic mass is 16.6. The van der Waals surface area contributed by atoms with Crippen LogP contribution in [0.15, 0.2) is 15.8 Å². The van der Waals surface area contributed by atoms with Crippen LogP contribution in [0.2, 0.25) is 0 Å². The fourth-order valence-electron chi connectivity index (χ4n) is 2.15. The van der Waals surface area contributed by atoms with Gasteiger partial charge in [0, 0.05) is 6.20 Å². The van der Waals surface area contributed by atoms with Crippen LogP contribution in [-0.4, -0.2) is 68.7 Å². The highest BCUT2D eigenvalue weighted by Gasteiger charge is 2.44. The fourth-order valence-corrected chi connectivity index (χ4v) is 2.15. The van der Waals surface area contributed by atoms with E-state index in [0.29, 0.717) is 4.57 Å². The molecule has 11 heteroatoms. The zero-order valence-electron chi connectivity index (χ0n) is 11.8. The number of aliphatic hydroxyl groups excluding tert-OH is 3. The molecule has 2 rings (SSSR count). The van der Waals surface area contributed by atoms with E-state index in [2.05, 4.69) is 4.74 Å². The zero-order chi connectivity index (χ0) is 17.3. The van der Waals surface area contributed by atoms with E-state index < -0.39 is 59.7 Å². The van der Waals surface area contributed by atoms with Gasteiger partial charge in [-0.05, 0) is 0 Å². The molecule has 4 N–H and O–H groups in total. The first-order valence-corrected chi connectivity index (χ1v) is 6.42. The summed E-state index contributed by atoms with van der Waals surface area (Å²) in [6.07, 6.45) is -4.98. The summed E-state index contributed by atoms with van der Waals surface area (Å²) in [4.78, 5) is 48.2. The number of methoxy groups -OCH3 is 1. The summed E-state index contributed by atoms with van der Waals surface area (Å²) in [7, 11) is 0.941. The second-order valence-electron chi connectivity index (χ2n) is 4.76. The number of H-pyrrole nitrogens is 1. The summed E-state index contributed by atoms with van der Waals surface area (Å²) < 4.78 is 9.97. The van der Waals surface area contributed by atoms with Crippen molar-refractivity contribution >= 4 is 11.8 Å². The quantitative estimate of drug-likeness (QED) is 0.249. The number of ketones is 1. The number of aliphatic hydroxyl groups is 3. The maximum absolute atomic E-state index is 11.8. The number of hydrogen-bond donors (Lipinski definition) is 4. The number of ether oxygens (including phenoxy) is 2. The SMILES string of the molecule is COC(=O)C(=O)c1cn([C@@H]2O[C@H](CO)[C@@H](O)[C@H]2O)c(=O)[nH]c1=O. The highest BCUT2D eigenvalue weighted by Crippen LogP contribution is 2.27. The van der Waals surface area contributed by atoms with Crippen LogP contribution in [0.4, 0.5) is 0 Å². The first-order valence-electron chi connectivity index (χ1n) is 6.42. The van der Waals surface area contributed by atoms with Crippen LogP contribution in [0.3, 0.4) is 0 Å². The summed E-state index contributed by atoms with van der Waals surface area (Å²) in [6.45, 7) is -0.624. The van der Waals surface area contributed by atoms with E-state index in [4.69, 9.17) is 9.84 Å². The van der Waals surface area contributed by atoms with Gasteiger partial charge in [-0.25, -0.2) is 9.59 Å². The summed E-state index contributed by atoms with van der Waals surface area (Å²) >= 11 is 0. The Kier molecular flexibility index (Phi) is 4.75. The van der Waals surface area contributed by atoms with Gasteiger partial charge >= 0.3 is 11.7 Å². The number of Topliss-reactive ketones (excluding diaryl/α,β-unsaturated/α-hetero) is 1. The number of rotatable bonds is 4.